The van der Waals surface area contributed by atoms with E-state index in [4.69, 9.17) is 0 Å². The highest BCUT2D eigenvalue weighted by Crippen LogP contribution is 2.17. The van der Waals surface area contributed by atoms with Crippen molar-refractivity contribution >= 4 is 9.84 Å². The van der Waals surface area contributed by atoms with Crippen molar-refractivity contribution in [1.82, 2.24) is 5.32 Å². The Bertz CT molecular complexity index is 483. The topological polar surface area (TPSA) is 46.2 Å². The van der Waals surface area contributed by atoms with Crippen LogP contribution in [0.3, 0.4) is 0 Å². The van der Waals surface area contributed by atoms with E-state index in [9.17, 15) is 8.42 Å². The Morgan fingerprint density at radius 2 is 1.95 bits per heavy atom. The monoisotopic (exact) mass is 283 g/mol. The molecule has 1 aromatic carbocycles. The van der Waals surface area contributed by atoms with E-state index in [1.165, 1.54) is 0 Å². The van der Waals surface area contributed by atoms with Gasteiger partial charge in [0.25, 0.3) is 0 Å². The summed E-state index contributed by atoms with van der Waals surface area (Å²) in [6.07, 6.45) is 2.70. The molecule has 4 heteroatoms. The van der Waals surface area contributed by atoms with Crippen LogP contribution in [0.15, 0.2) is 29.2 Å². The van der Waals surface area contributed by atoms with Crippen molar-refractivity contribution in [3.8, 4) is 0 Å². The molecule has 1 atom stereocenters. The van der Waals surface area contributed by atoms with Gasteiger partial charge >= 0.3 is 0 Å². The molecule has 0 aliphatic heterocycles. The second-order valence-corrected chi connectivity index (χ2v) is 7.16. The molecule has 1 rings (SSSR count). The molecule has 0 spiro atoms. The van der Waals surface area contributed by atoms with Gasteiger partial charge in [0.15, 0.2) is 9.84 Å². The Morgan fingerprint density at radius 3 is 2.58 bits per heavy atom. The van der Waals surface area contributed by atoms with Crippen molar-refractivity contribution < 1.29 is 8.42 Å². The summed E-state index contributed by atoms with van der Waals surface area (Å²) in [4.78, 5) is 0.476. The van der Waals surface area contributed by atoms with Gasteiger partial charge in [0.2, 0.25) is 0 Å². The van der Waals surface area contributed by atoms with Crippen molar-refractivity contribution in [2.75, 3.05) is 12.3 Å². The molecule has 0 amide bonds. The Balaban J connectivity index is 2.51. The van der Waals surface area contributed by atoms with Crippen LogP contribution in [0, 0.1) is 6.92 Å². The van der Waals surface area contributed by atoms with Crippen LogP contribution in [0.25, 0.3) is 0 Å². The lowest BCUT2D eigenvalue weighted by atomic mass is 10.2. The highest BCUT2D eigenvalue weighted by molar-refractivity contribution is 7.91. The van der Waals surface area contributed by atoms with Crippen LogP contribution in [-0.2, 0) is 9.84 Å². The highest BCUT2D eigenvalue weighted by Gasteiger charge is 2.16. The number of rotatable bonds is 8. The van der Waals surface area contributed by atoms with Crippen LogP contribution < -0.4 is 5.32 Å². The molecule has 0 fully saturated rings. The van der Waals surface area contributed by atoms with Crippen molar-refractivity contribution in [3.63, 3.8) is 0 Å². The summed E-state index contributed by atoms with van der Waals surface area (Å²) in [6.45, 7) is 7.07. The lowest BCUT2D eigenvalue weighted by molar-refractivity contribution is 0.506. The molecule has 3 nitrogen and oxygen atoms in total. The Labute approximate surface area is 117 Å². The summed E-state index contributed by atoms with van der Waals surface area (Å²) in [6, 6.07) is 7.57. The first-order valence-corrected chi connectivity index (χ1v) is 8.64. The van der Waals surface area contributed by atoms with Crippen LogP contribution in [0.4, 0.5) is 0 Å². The van der Waals surface area contributed by atoms with Crippen molar-refractivity contribution in [3.05, 3.63) is 29.8 Å². The van der Waals surface area contributed by atoms with E-state index in [-0.39, 0.29) is 5.75 Å². The number of nitrogens with one attached hydrogen (secondary N) is 1. The molecule has 108 valence electrons. The van der Waals surface area contributed by atoms with E-state index in [1.807, 2.05) is 19.1 Å². The number of hydrogen-bond acceptors (Lipinski definition) is 3. The van der Waals surface area contributed by atoms with E-state index in [2.05, 4.69) is 19.2 Å². The van der Waals surface area contributed by atoms with Crippen LogP contribution >= 0.6 is 0 Å². The van der Waals surface area contributed by atoms with Crippen LogP contribution in [0.1, 0.15) is 38.7 Å². The Morgan fingerprint density at radius 1 is 1.26 bits per heavy atom. The fourth-order valence-corrected chi connectivity index (χ4v) is 3.70. The van der Waals surface area contributed by atoms with E-state index >= 15 is 0 Å². The zero-order valence-electron chi connectivity index (χ0n) is 12.1. The molecule has 0 radical (unpaired) electrons. The average molecular weight is 283 g/mol. The first-order chi connectivity index (χ1) is 8.97. The maximum absolute atomic E-state index is 12.2. The predicted octanol–water partition coefficient (Wildman–Crippen LogP) is 2.94. The molecule has 0 heterocycles. The molecule has 0 aliphatic carbocycles. The predicted molar refractivity (Wildman–Crippen MR) is 80.2 cm³/mol. The fourth-order valence-electron chi connectivity index (χ4n) is 2.09. The minimum absolute atomic E-state index is 0.232. The Kier molecular flexibility index (Phi) is 6.52. The minimum atomic E-state index is -3.13. The van der Waals surface area contributed by atoms with Crippen LogP contribution in [0.5, 0.6) is 0 Å². The molecule has 0 saturated heterocycles. The van der Waals surface area contributed by atoms with Gasteiger partial charge in [-0.15, -0.1) is 0 Å². The van der Waals surface area contributed by atoms with Gasteiger partial charge in [-0.2, -0.15) is 0 Å². The zero-order valence-corrected chi connectivity index (χ0v) is 13.0. The summed E-state index contributed by atoms with van der Waals surface area (Å²) >= 11 is 0. The number of aryl methyl sites for hydroxylation is 1. The van der Waals surface area contributed by atoms with Gasteiger partial charge in [-0.25, -0.2) is 8.42 Å². The summed E-state index contributed by atoms with van der Waals surface area (Å²) in [5.74, 6) is 0.232. The van der Waals surface area contributed by atoms with Gasteiger partial charge < -0.3 is 5.32 Å². The Hall–Kier alpha value is -0.870. The largest absolute Gasteiger partial charge is 0.314 e. The van der Waals surface area contributed by atoms with Gasteiger partial charge in [0, 0.05) is 6.04 Å². The molecule has 0 aromatic heterocycles. The number of benzene rings is 1. The molecular weight excluding hydrogens is 258 g/mol. The third-order valence-electron chi connectivity index (χ3n) is 3.22. The second-order valence-electron chi connectivity index (χ2n) is 5.08. The van der Waals surface area contributed by atoms with Crippen molar-refractivity contribution in [2.24, 2.45) is 0 Å². The second kappa shape index (κ2) is 7.65. The first-order valence-electron chi connectivity index (χ1n) is 6.99. The SMILES string of the molecule is CCCNC(C)CCCS(=O)(=O)c1ccccc1C. The highest BCUT2D eigenvalue weighted by atomic mass is 32.2. The van der Waals surface area contributed by atoms with E-state index < -0.39 is 9.84 Å². The smallest absolute Gasteiger partial charge is 0.178 e. The zero-order chi connectivity index (χ0) is 14.3. The maximum Gasteiger partial charge on any atom is 0.178 e. The lowest BCUT2D eigenvalue weighted by Crippen LogP contribution is -2.27. The molecule has 19 heavy (non-hydrogen) atoms. The summed E-state index contributed by atoms with van der Waals surface area (Å²) in [5.41, 5.74) is 0.833. The van der Waals surface area contributed by atoms with Crippen molar-refractivity contribution in [1.29, 1.82) is 0 Å². The van der Waals surface area contributed by atoms with Gasteiger partial charge in [-0.3, -0.25) is 0 Å². The van der Waals surface area contributed by atoms with Gasteiger partial charge in [-0.1, -0.05) is 25.1 Å². The normalized spacial score (nSPS) is 13.4. The number of hydrogen-bond donors (Lipinski definition) is 1. The molecule has 0 saturated carbocycles. The van der Waals surface area contributed by atoms with Gasteiger partial charge in [0.1, 0.15) is 0 Å². The van der Waals surface area contributed by atoms with E-state index in [0.717, 1.165) is 24.9 Å². The molecule has 1 aromatic rings. The van der Waals surface area contributed by atoms with Gasteiger partial charge in [0.05, 0.1) is 10.6 Å². The van der Waals surface area contributed by atoms with Crippen LogP contribution in [0.2, 0.25) is 0 Å². The fraction of sp³-hybridized carbons (Fsp3) is 0.600. The van der Waals surface area contributed by atoms with Gasteiger partial charge in [-0.05, 0) is 51.3 Å². The minimum Gasteiger partial charge on any atom is -0.314 e. The molecule has 0 bridgehead atoms. The molecule has 0 aliphatic rings. The average Bonchev–Trinajstić information content (AvgIpc) is 2.36. The molecular formula is C15H25NO2S. The molecule has 1 N–H and O–H groups in total. The number of sulfone groups is 1. The quantitative estimate of drug-likeness (QED) is 0.798. The summed E-state index contributed by atoms with van der Waals surface area (Å²) in [7, 11) is -3.13. The third kappa shape index (κ3) is 5.33. The van der Waals surface area contributed by atoms with Crippen LogP contribution in [-0.4, -0.2) is 26.8 Å². The first kappa shape index (κ1) is 16.2. The third-order valence-corrected chi connectivity index (χ3v) is 5.18. The van der Waals surface area contributed by atoms with E-state index in [1.54, 1.807) is 12.1 Å². The molecule has 1 unspecified atom stereocenters. The summed E-state index contributed by atoms with van der Waals surface area (Å²) in [5, 5.41) is 3.37. The summed E-state index contributed by atoms with van der Waals surface area (Å²) < 4.78 is 24.5. The lowest BCUT2D eigenvalue weighted by Gasteiger charge is -2.13. The standard InChI is InChI=1S/C15H25NO2S/c1-4-11-16-14(3)9-7-12-19(17,18)15-10-6-5-8-13(15)2/h5-6,8,10,14,16H,4,7,9,11-12H2,1-3H3. The maximum atomic E-state index is 12.2. The van der Waals surface area contributed by atoms with Crippen molar-refractivity contribution in [2.45, 2.75) is 51.0 Å². The van der Waals surface area contributed by atoms with E-state index in [0.29, 0.717) is 17.4 Å².